The first-order chi connectivity index (χ1) is 8.31. The molecule has 1 unspecified atom stereocenters. The fraction of sp³-hybridized carbons (Fsp3) is 1.00. The Morgan fingerprint density at radius 3 is 2.12 bits per heavy atom. The Labute approximate surface area is 108 Å². The third-order valence-corrected chi connectivity index (χ3v) is 5.11. The first kappa shape index (κ1) is 13.4. The lowest BCUT2D eigenvalue weighted by atomic mass is 9.75. The highest BCUT2D eigenvalue weighted by Gasteiger charge is 2.32. The lowest BCUT2D eigenvalue weighted by Crippen LogP contribution is -2.43. The van der Waals surface area contributed by atoms with Crippen LogP contribution in [0.1, 0.15) is 71.6 Å². The average Bonchev–Trinajstić information content (AvgIpc) is 2.85. The fourth-order valence-corrected chi connectivity index (χ4v) is 3.99. The minimum Gasteiger partial charge on any atom is -0.313 e. The normalized spacial score (nSPS) is 32.8. The molecule has 0 aromatic carbocycles. The van der Waals surface area contributed by atoms with Crippen molar-refractivity contribution in [1.29, 1.82) is 0 Å². The van der Waals surface area contributed by atoms with E-state index in [4.69, 9.17) is 0 Å². The molecular weight excluding hydrogens is 206 g/mol. The molecule has 0 amide bonds. The molecule has 0 aromatic rings. The molecule has 0 heterocycles. The SMILES string of the molecule is CCCNC(C1CCCC1)C1CCC(C)CC1. The van der Waals surface area contributed by atoms with Gasteiger partial charge in [0, 0.05) is 6.04 Å². The lowest BCUT2D eigenvalue weighted by Gasteiger charge is -2.37. The Morgan fingerprint density at radius 2 is 1.53 bits per heavy atom. The highest BCUT2D eigenvalue weighted by atomic mass is 14.9. The number of rotatable bonds is 5. The summed E-state index contributed by atoms with van der Waals surface area (Å²) in [4.78, 5) is 0. The monoisotopic (exact) mass is 237 g/mol. The molecule has 2 aliphatic carbocycles. The van der Waals surface area contributed by atoms with Gasteiger partial charge in [-0.3, -0.25) is 0 Å². The zero-order valence-corrected chi connectivity index (χ0v) is 11.9. The van der Waals surface area contributed by atoms with Crippen LogP contribution >= 0.6 is 0 Å². The highest BCUT2D eigenvalue weighted by molar-refractivity contribution is 4.88. The minimum absolute atomic E-state index is 0.852. The maximum Gasteiger partial charge on any atom is 0.0124 e. The van der Waals surface area contributed by atoms with Gasteiger partial charge in [-0.1, -0.05) is 39.5 Å². The maximum atomic E-state index is 3.90. The minimum atomic E-state index is 0.852. The molecule has 100 valence electrons. The molecule has 2 fully saturated rings. The number of hydrogen-bond acceptors (Lipinski definition) is 1. The molecule has 17 heavy (non-hydrogen) atoms. The molecule has 0 bridgehead atoms. The van der Waals surface area contributed by atoms with E-state index in [2.05, 4.69) is 19.2 Å². The van der Waals surface area contributed by atoms with Crippen LogP contribution in [0.3, 0.4) is 0 Å². The molecule has 1 N–H and O–H groups in total. The van der Waals surface area contributed by atoms with Crippen molar-refractivity contribution in [3.63, 3.8) is 0 Å². The van der Waals surface area contributed by atoms with E-state index < -0.39 is 0 Å². The van der Waals surface area contributed by atoms with Crippen molar-refractivity contribution in [2.45, 2.75) is 77.7 Å². The second kappa shape index (κ2) is 6.78. The maximum absolute atomic E-state index is 3.90. The summed E-state index contributed by atoms with van der Waals surface area (Å²) in [6.45, 7) is 5.95. The topological polar surface area (TPSA) is 12.0 Å². The zero-order valence-electron chi connectivity index (χ0n) is 11.9. The second-order valence-corrected chi connectivity index (χ2v) is 6.54. The molecule has 1 heteroatoms. The van der Waals surface area contributed by atoms with E-state index in [0.717, 1.165) is 23.8 Å². The van der Waals surface area contributed by atoms with E-state index in [9.17, 15) is 0 Å². The molecule has 2 rings (SSSR count). The second-order valence-electron chi connectivity index (χ2n) is 6.54. The van der Waals surface area contributed by atoms with E-state index >= 15 is 0 Å². The fourth-order valence-electron chi connectivity index (χ4n) is 3.99. The number of nitrogens with one attached hydrogen (secondary N) is 1. The Hall–Kier alpha value is -0.0400. The molecule has 0 spiro atoms. The highest BCUT2D eigenvalue weighted by Crippen LogP contribution is 2.37. The summed E-state index contributed by atoms with van der Waals surface area (Å²) in [5, 5.41) is 3.90. The van der Waals surface area contributed by atoms with Crippen molar-refractivity contribution in [3.8, 4) is 0 Å². The van der Waals surface area contributed by atoms with Crippen LogP contribution in [-0.4, -0.2) is 12.6 Å². The van der Waals surface area contributed by atoms with Gasteiger partial charge < -0.3 is 5.32 Å². The molecule has 2 saturated carbocycles. The zero-order chi connectivity index (χ0) is 12.1. The van der Waals surface area contributed by atoms with Gasteiger partial charge in [-0.15, -0.1) is 0 Å². The summed E-state index contributed by atoms with van der Waals surface area (Å²) in [5.41, 5.74) is 0. The molecular formula is C16H31N. The van der Waals surface area contributed by atoms with Crippen LogP contribution in [0.5, 0.6) is 0 Å². The summed E-state index contributed by atoms with van der Waals surface area (Å²) in [6.07, 6.45) is 13.2. The first-order valence-electron chi connectivity index (χ1n) is 8.04. The quantitative estimate of drug-likeness (QED) is 0.748. The van der Waals surface area contributed by atoms with Crippen LogP contribution in [-0.2, 0) is 0 Å². The van der Waals surface area contributed by atoms with Crippen LogP contribution in [0.4, 0.5) is 0 Å². The van der Waals surface area contributed by atoms with Crippen molar-refractivity contribution in [2.75, 3.05) is 6.54 Å². The van der Waals surface area contributed by atoms with E-state index in [-0.39, 0.29) is 0 Å². The van der Waals surface area contributed by atoms with Gasteiger partial charge in [0.25, 0.3) is 0 Å². The molecule has 0 aliphatic heterocycles. The predicted octanol–water partition coefficient (Wildman–Crippen LogP) is 4.37. The van der Waals surface area contributed by atoms with E-state index in [1.165, 1.54) is 64.3 Å². The molecule has 2 aliphatic rings. The molecule has 0 saturated heterocycles. The van der Waals surface area contributed by atoms with Gasteiger partial charge in [-0.25, -0.2) is 0 Å². The van der Waals surface area contributed by atoms with E-state index in [1.54, 1.807) is 0 Å². The van der Waals surface area contributed by atoms with Crippen molar-refractivity contribution in [3.05, 3.63) is 0 Å². The summed E-state index contributed by atoms with van der Waals surface area (Å²) >= 11 is 0. The van der Waals surface area contributed by atoms with Gasteiger partial charge in [0.05, 0.1) is 0 Å². The van der Waals surface area contributed by atoms with Crippen LogP contribution in [0.15, 0.2) is 0 Å². The van der Waals surface area contributed by atoms with Crippen molar-refractivity contribution in [1.82, 2.24) is 5.32 Å². The Balaban J connectivity index is 1.89. The van der Waals surface area contributed by atoms with Crippen molar-refractivity contribution < 1.29 is 0 Å². The van der Waals surface area contributed by atoms with Gasteiger partial charge in [0.2, 0.25) is 0 Å². The Kier molecular flexibility index (Phi) is 5.34. The van der Waals surface area contributed by atoms with Gasteiger partial charge in [0.15, 0.2) is 0 Å². The first-order valence-corrected chi connectivity index (χ1v) is 8.04. The summed E-state index contributed by atoms with van der Waals surface area (Å²) in [6, 6.07) is 0.852. The van der Waals surface area contributed by atoms with E-state index in [0.29, 0.717) is 0 Å². The van der Waals surface area contributed by atoms with Gasteiger partial charge >= 0.3 is 0 Å². The van der Waals surface area contributed by atoms with Gasteiger partial charge in [-0.2, -0.15) is 0 Å². The summed E-state index contributed by atoms with van der Waals surface area (Å²) in [5.74, 6) is 2.97. The Morgan fingerprint density at radius 1 is 0.941 bits per heavy atom. The Bertz CT molecular complexity index is 200. The van der Waals surface area contributed by atoms with Crippen LogP contribution in [0.2, 0.25) is 0 Å². The van der Waals surface area contributed by atoms with Crippen LogP contribution in [0, 0.1) is 17.8 Å². The molecule has 1 nitrogen and oxygen atoms in total. The van der Waals surface area contributed by atoms with E-state index in [1.807, 2.05) is 0 Å². The third kappa shape index (κ3) is 3.71. The summed E-state index contributed by atoms with van der Waals surface area (Å²) < 4.78 is 0. The largest absolute Gasteiger partial charge is 0.313 e. The third-order valence-electron chi connectivity index (χ3n) is 5.11. The molecule has 0 aromatic heterocycles. The summed E-state index contributed by atoms with van der Waals surface area (Å²) in [7, 11) is 0. The lowest BCUT2D eigenvalue weighted by molar-refractivity contribution is 0.184. The van der Waals surface area contributed by atoms with Crippen molar-refractivity contribution in [2.24, 2.45) is 17.8 Å². The number of hydrogen-bond donors (Lipinski definition) is 1. The van der Waals surface area contributed by atoms with Gasteiger partial charge in [-0.05, 0) is 56.4 Å². The average molecular weight is 237 g/mol. The predicted molar refractivity (Wildman–Crippen MR) is 75.2 cm³/mol. The van der Waals surface area contributed by atoms with Crippen LogP contribution < -0.4 is 5.32 Å². The molecule has 1 atom stereocenters. The van der Waals surface area contributed by atoms with Crippen molar-refractivity contribution >= 4 is 0 Å². The smallest absolute Gasteiger partial charge is 0.0124 e. The molecule has 0 radical (unpaired) electrons. The van der Waals surface area contributed by atoms with Crippen LogP contribution in [0.25, 0.3) is 0 Å². The van der Waals surface area contributed by atoms with Gasteiger partial charge in [0.1, 0.15) is 0 Å². The standard InChI is InChI=1S/C16H31N/c1-3-12-17-16(14-6-4-5-7-14)15-10-8-13(2)9-11-15/h13-17H,3-12H2,1-2H3.